The number of benzene rings is 2. The van der Waals surface area contributed by atoms with Gasteiger partial charge in [0.25, 0.3) is 0 Å². The van der Waals surface area contributed by atoms with Gasteiger partial charge in [0.2, 0.25) is 0 Å². The van der Waals surface area contributed by atoms with Crippen molar-refractivity contribution in [2.75, 3.05) is 4.72 Å². The van der Waals surface area contributed by atoms with Gasteiger partial charge in [0.15, 0.2) is 5.11 Å². The molecule has 0 spiro atoms. The Kier molecular flexibility index (Phi) is 6.35. The number of thiocarbonyl (C=S) groups is 1. The van der Waals surface area contributed by atoms with Crippen LogP contribution in [0.25, 0.3) is 0 Å². The lowest BCUT2D eigenvalue weighted by molar-refractivity contribution is 0.629. The van der Waals surface area contributed by atoms with Crippen molar-refractivity contribution >= 4 is 48.5 Å². The normalized spacial score (nSPS) is 10.1. The van der Waals surface area contributed by atoms with Crippen LogP contribution in [0.5, 0.6) is 0 Å². The number of thiol groups is 2. The van der Waals surface area contributed by atoms with Crippen LogP contribution in [0.1, 0.15) is 11.1 Å². The molecule has 0 aliphatic carbocycles. The van der Waals surface area contributed by atoms with Crippen molar-refractivity contribution in [3.05, 3.63) is 59.4 Å². The number of nitrogens with one attached hydrogen (secondary N) is 3. The highest BCUT2D eigenvalue weighted by Gasteiger charge is 2.03. The van der Waals surface area contributed by atoms with Gasteiger partial charge in [0.05, 0.1) is 5.69 Å². The van der Waals surface area contributed by atoms with E-state index in [1.165, 1.54) is 6.07 Å². The van der Waals surface area contributed by atoms with Crippen LogP contribution < -0.4 is 15.4 Å². The number of hydrogen-bond acceptors (Lipinski definition) is 4. The van der Waals surface area contributed by atoms with E-state index >= 15 is 0 Å². The van der Waals surface area contributed by atoms with Gasteiger partial charge in [-0.25, -0.2) is 4.39 Å². The summed E-state index contributed by atoms with van der Waals surface area (Å²) in [5.74, 6) is -0.347. The largest absolute Gasteiger partial charge is 0.359 e. The number of rotatable bonds is 5. The van der Waals surface area contributed by atoms with Crippen LogP contribution in [0, 0.1) is 5.82 Å². The Balaban J connectivity index is 1.80. The second kappa shape index (κ2) is 8.26. The molecule has 0 amide bonds. The maximum absolute atomic E-state index is 13.6. The van der Waals surface area contributed by atoms with Gasteiger partial charge in [-0.05, 0) is 47.6 Å². The summed E-state index contributed by atoms with van der Waals surface area (Å²) in [5.41, 5.74) is 2.26. The first-order chi connectivity index (χ1) is 10.6. The van der Waals surface area contributed by atoms with Crippen LogP contribution >= 0.6 is 37.7 Å². The number of hydrogen-bond donors (Lipinski definition) is 5. The third kappa shape index (κ3) is 5.08. The molecule has 0 bridgehead atoms. The van der Waals surface area contributed by atoms with Gasteiger partial charge >= 0.3 is 0 Å². The first-order valence-electron chi connectivity index (χ1n) is 6.56. The lowest BCUT2D eigenvalue weighted by Gasteiger charge is -2.11. The molecule has 0 radical (unpaired) electrons. The second-order valence-electron chi connectivity index (χ2n) is 4.63. The summed E-state index contributed by atoms with van der Waals surface area (Å²) >= 11 is 13.3. The van der Waals surface area contributed by atoms with E-state index in [2.05, 4.69) is 40.8 Å². The monoisotopic (exact) mass is 353 g/mol. The number of halogens is 1. The Morgan fingerprint density at radius 3 is 2.18 bits per heavy atom. The molecule has 116 valence electrons. The van der Waals surface area contributed by atoms with E-state index in [0.29, 0.717) is 23.9 Å². The van der Waals surface area contributed by atoms with E-state index in [1.807, 2.05) is 30.3 Å². The average Bonchev–Trinajstić information content (AvgIpc) is 2.52. The first kappa shape index (κ1) is 16.9. The molecule has 3 N–H and O–H groups in total. The minimum atomic E-state index is -0.347. The summed E-state index contributed by atoms with van der Waals surface area (Å²) in [4.78, 5) is 0.922. The van der Waals surface area contributed by atoms with E-state index in [-0.39, 0.29) is 5.82 Å². The third-order valence-electron chi connectivity index (χ3n) is 3.00. The summed E-state index contributed by atoms with van der Waals surface area (Å²) < 4.78 is 16.1. The molecular weight excluding hydrogens is 337 g/mol. The van der Waals surface area contributed by atoms with Crippen molar-refractivity contribution in [2.24, 2.45) is 0 Å². The van der Waals surface area contributed by atoms with E-state index in [1.54, 1.807) is 6.07 Å². The molecule has 0 aliphatic heterocycles. The maximum Gasteiger partial charge on any atom is 0.166 e. The van der Waals surface area contributed by atoms with Crippen LogP contribution in [0.2, 0.25) is 0 Å². The lowest BCUT2D eigenvalue weighted by atomic mass is 10.2. The molecule has 0 saturated carbocycles. The Hall–Kier alpha value is -1.44. The van der Waals surface area contributed by atoms with E-state index in [0.717, 1.165) is 16.0 Å². The van der Waals surface area contributed by atoms with Crippen molar-refractivity contribution in [2.45, 2.75) is 18.0 Å². The topological polar surface area (TPSA) is 36.1 Å². The van der Waals surface area contributed by atoms with Gasteiger partial charge in [-0.2, -0.15) is 0 Å². The van der Waals surface area contributed by atoms with Crippen molar-refractivity contribution in [3.63, 3.8) is 0 Å². The standard InChI is InChI=1S/C15H16FN3S3/c16-13-7-11(3-6-14(13)19-22)9-18-15(21)17-8-10-1-4-12(20)5-2-10/h1-7,19-20,22H,8-9H2,(H2,17,18,21). The zero-order valence-electron chi connectivity index (χ0n) is 11.6. The third-order valence-corrected chi connectivity index (χ3v) is 3.82. The SMILES string of the molecule is Fc1cc(CNC(=S)NCc2ccc(S)cc2)ccc1NS. The quantitative estimate of drug-likeness (QED) is 0.421. The highest BCUT2D eigenvalue weighted by molar-refractivity contribution is 7.81. The van der Waals surface area contributed by atoms with Crippen LogP contribution in [-0.4, -0.2) is 5.11 Å². The van der Waals surface area contributed by atoms with E-state index in [9.17, 15) is 4.39 Å². The summed E-state index contributed by atoms with van der Waals surface area (Å²) in [7, 11) is 0. The van der Waals surface area contributed by atoms with Crippen LogP contribution in [0.3, 0.4) is 0 Å². The Morgan fingerprint density at radius 2 is 1.59 bits per heavy atom. The van der Waals surface area contributed by atoms with Crippen LogP contribution in [-0.2, 0) is 13.1 Å². The Morgan fingerprint density at radius 1 is 1.00 bits per heavy atom. The molecule has 0 fully saturated rings. The molecule has 22 heavy (non-hydrogen) atoms. The van der Waals surface area contributed by atoms with Crippen molar-refractivity contribution in [3.8, 4) is 0 Å². The van der Waals surface area contributed by atoms with Crippen LogP contribution in [0.15, 0.2) is 47.4 Å². The van der Waals surface area contributed by atoms with Gasteiger partial charge in [0, 0.05) is 18.0 Å². The fourth-order valence-corrected chi connectivity index (χ4v) is 2.27. The van der Waals surface area contributed by atoms with Gasteiger partial charge in [-0.3, -0.25) is 0 Å². The predicted molar refractivity (Wildman–Crippen MR) is 99.0 cm³/mol. The first-order valence-corrected chi connectivity index (χ1v) is 7.87. The molecular formula is C15H16FN3S3. The highest BCUT2D eigenvalue weighted by atomic mass is 32.1. The summed E-state index contributed by atoms with van der Waals surface area (Å²) in [6.07, 6.45) is 0. The molecule has 2 rings (SSSR count). The van der Waals surface area contributed by atoms with Crippen molar-refractivity contribution in [1.82, 2.24) is 10.6 Å². The minimum Gasteiger partial charge on any atom is -0.359 e. The summed E-state index contributed by atoms with van der Waals surface area (Å²) in [6, 6.07) is 12.7. The number of anilines is 1. The fraction of sp³-hybridized carbons (Fsp3) is 0.133. The zero-order chi connectivity index (χ0) is 15.9. The average molecular weight is 354 g/mol. The summed E-state index contributed by atoms with van der Waals surface area (Å²) in [5, 5.41) is 6.67. The molecule has 2 aromatic rings. The van der Waals surface area contributed by atoms with Gasteiger partial charge in [-0.1, -0.05) is 31.0 Å². The van der Waals surface area contributed by atoms with E-state index < -0.39 is 0 Å². The van der Waals surface area contributed by atoms with Crippen molar-refractivity contribution in [1.29, 1.82) is 0 Å². The molecule has 3 nitrogen and oxygen atoms in total. The minimum absolute atomic E-state index is 0.347. The van der Waals surface area contributed by atoms with Gasteiger partial charge in [-0.15, -0.1) is 12.6 Å². The predicted octanol–water partition coefficient (Wildman–Crippen LogP) is 3.54. The maximum atomic E-state index is 13.6. The molecule has 0 atom stereocenters. The van der Waals surface area contributed by atoms with E-state index in [4.69, 9.17) is 12.2 Å². The lowest BCUT2D eigenvalue weighted by Crippen LogP contribution is -2.34. The second-order valence-corrected chi connectivity index (χ2v) is 5.78. The molecule has 0 heterocycles. The summed E-state index contributed by atoms with van der Waals surface area (Å²) in [6.45, 7) is 1.07. The smallest absolute Gasteiger partial charge is 0.166 e. The molecule has 0 unspecified atom stereocenters. The molecule has 7 heteroatoms. The molecule has 0 aliphatic rings. The Bertz CT molecular complexity index is 647. The fourth-order valence-electron chi connectivity index (χ4n) is 1.80. The Labute approximate surface area is 145 Å². The van der Waals surface area contributed by atoms with Gasteiger partial charge in [0.1, 0.15) is 5.82 Å². The molecule has 0 aromatic heterocycles. The van der Waals surface area contributed by atoms with Gasteiger partial charge < -0.3 is 15.4 Å². The van der Waals surface area contributed by atoms with Crippen LogP contribution in [0.4, 0.5) is 10.1 Å². The van der Waals surface area contributed by atoms with Crippen molar-refractivity contribution < 1.29 is 4.39 Å². The zero-order valence-corrected chi connectivity index (χ0v) is 14.2. The molecule has 2 aromatic carbocycles. The highest BCUT2D eigenvalue weighted by Crippen LogP contribution is 2.16. The molecule has 0 saturated heterocycles.